The van der Waals surface area contributed by atoms with Crippen LogP contribution in [0.2, 0.25) is 0 Å². The van der Waals surface area contributed by atoms with Gasteiger partial charge in [0.2, 0.25) is 0 Å². The lowest BCUT2D eigenvalue weighted by Crippen LogP contribution is -2.48. The molecule has 0 N–H and O–H groups in total. The van der Waals surface area contributed by atoms with E-state index in [1.807, 2.05) is 47.2 Å². The van der Waals surface area contributed by atoms with Crippen LogP contribution in [0.25, 0.3) is 0 Å². The van der Waals surface area contributed by atoms with Crippen LogP contribution < -0.4 is 4.74 Å². The Hall–Kier alpha value is -3.10. The van der Waals surface area contributed by atoms with Crippen molar-refractivity contribution in [1.82, 2.24) is 30.0 Å². The van der Waals surface area contributed by atoms with Gasteiger partial charge in [0.1, 0.15) is 11.6 Å². The average Bonchev–Trinajstić information content (AvgIpc) is 3.25. The first-order valence-electron chi connectivity index (χ1n) is 10.4. The van der Waals surface area contributed by atoms with Crippen molar-refractivity contribution in [2.24, 2.45) is 0 Å². The highest BCUT2D eigenvalue weighted by atomic mass is 19.1. The third kappa shape index (κ3) is 4.98. The number of methoxy groups -OCH3 is 1. The van der Waals surface area contributed by atoms with E-state index in [9.17, 15) is 4.39 Å². The molecule has 0 bridgehead atoms. The van der Waals surface area contributed by atoms with Crippen molar-refractivity contribution in [3.8, 4) is 5.75 Å². The summed E-state index contributed by atoms with van der Waals surface area (Å²) in [5, 5.41) is 12.6. The molecule has 0 aliphatic carbocycles. The number of ether oxygens (including phenoxy) is 1. The third-order valence-corrected chi connectivity index (χ3v) is 5.64. The number of aromatic nitrogens is 4. The van der Waals surface area contributed by atoms with Crippen molar-refractivity contribution < 1.29 is 9.13 Å². The molecule has 1 atom stereocenters. The molecule has 8 heteroatoms. The Balaban J connectivity index is 1.62. The molecule has 3 aromatic rings. The lowest BCUT2D eigenvalue weighted by atomic mass is 10.0. The quantitative estimate of drug-likeness (QED) is 0.521. The fourth-order valence-electron chi connectivity index (χ4n) is 3.98. The number of piperazine rings is 1. The first kappa shape index (κ1) is 21.1. The van der Waals surface area contributed by atoms with Crippen LogP contribution in [-0.4, -0.2) is 69.8 Å². The molecule has 1 saturated heterocycles. The molecular formula is C23H27FN6O. The SMILES string of the molecule is C=CCN1CCN([C@H](c2ccc(F)cc2)c2nnnn2Cc2ccc(OC)cc2)CC1. The molecular weight excluding hydrogens is 395 g/mol. The highest BCUT2D eigenvalue weighted by Gasteiger charge is 2.30. The Morgan fingerprint density at radius 1 is 1.06 bits per heavy atom. The number of nitrogens with zero attached hydrogens (tertiary/aromatic N) is 6. The van der Waals surface area contributed by atoms with Gasteiger partial charge in [0.15, 0.2) is 5.82 Å². The van der Waals surface area contributed by atoms with E-state index in [2.05, 4.69) is 31.9 Å². The normalized spacial score (nSPS) is 16.2. The van der Waals surface area contributed by atoms with Gasteiger partial charge >= 0.3 is 0 Å². The number of hydrogen-bond acceptors (Lipinski definition) is 6. The summed E-state index contributed by atoms with van der Waals surface area (Å²) >= 11 is 0. The Morgan fingerprint density at radius 2 is 1.77 bits per heavy atom. The van der Waals surface area contributed by atoms with Crippen LogP contribution in [0.15, 0.2) is 61.2 Å². The van der Waals surface area contributed by atoms with Crippen LogP contribution in [0.4, 0.5) is 4.39 Å². The topological polar surface area (TPSA) is 59.3 Å². The maximum absolute atomic E-state index is 13.6. The third-order valence-electron chi connectivity index (χ3n) is 5.64. The highest BCUT2D eigenvalue weighted by molar-refractivity contribution is 5.29. The van der Waals surface area contributed by atoms with E-state index in [0.717, 1.165) is 55.4 Å². The van der Waals surface area contributed by atoms with Crippen molar-refractivity contribution >= 4 is 0 Å². The maximum Gasteiger partial charge on any atom is 0.173 e. The Labute approximate surface area is 181 Å². The molecule has 1 fully saturated rings. The van der Waals surface area contributed by atoms with E-state index in [1.165, 1.54) is 12.1 Å². The molecule has 7 nitrogen and oxygen atoms in total. The van der Waals surface area contributed by atoms with Gasteiger partial charge in [0, 0.05) is 32.7 Å². The van der Waals surface area contributed by atoms with Crippen molar-refractivity contribution in [3.05, 3.63) is 84.0 Å². The smallest absolute Gasteiger partial charge is 0.173 e. The monoisotopic (exact) mass is 422 g/mol. The summed E-state index contributed by atoms with van der Waals surface area (Å²) in [4.78, 5) is 4.73. The largest absolute Gasteiger partial charge is 0.497 e. The second-order valence-corrected chi connectivity index (χ2v) is 7.62. The second kappa shape index (κ2) is 9.80. The van der Waals surface area contributed by atoms with Crippen LogP contribution in [0.3, 0.4) is 0 Å². The zero-order valence-corrected chi connectivity index (χ0v) is 17.7. The minimum atomic E-state index is -0.254. The van der Waals surface area contributed by atoms with Crippen molar-refractivity contribution in [3.63, 3.8) is 0 Å². The molecule has 0 radical (unpaired) electrons. The minimum Gasteiger partial charge on any atom is -0.497 e. The molecule has 0 unspecified atom stereocenters. The van der Waals surface area contributed by atoms with E-state index in [1.54, 1.807) is 7.11 Å². The lowest BCUT2D eigenvalue weighted by Gasteiger charge is -2.38. The maximum atomic E-state index is 13.6. The Kier molecular flexibility index (Phi) is 6.69. The highest BCUT2D eigenvalue weighted by Crippen LogP contribution is 2.28. The number of hydrogen-bond donors (Lipinski definition) is 0. The van der Waals surface area contributed by atoms with E-state index < -0.39 is 0 Å². The summed E-state index contributed by atoms with van der Waals surface area (Å²) in [6.07, 6.45) is 1.93. The van der Waals surface area contributed by atoms with E-state index >= 15 is 0 Å². The minimum absolute atomic E-state index is 0.153. The van der Waals surface area contributed by atoms with Crippen molar-refractivity contribution in [1.29, 1.82) is 0 Å². The van der Waals surface area contributed by atoms with Gasteiger partial charge in [-0.3, -0.25) is 9.80 Å². The molecule has 0 spiro atoms. The van der Waals surface area contributed by atoms with Crippen molar-refractivity contribution in [2.75, 3.05) is 39.8 Å². The summed E-state index contributed by atoms with van der Waals surface area (Å²) in [5.74, 6) is 1.30. The Morgan fingerprint density at radius 3 is 2.42 bits per heavy atom. The summed E-state index contributed by atoms with van der Waals surface area (Å²) in [7, 11) is 1.65. The Bertz CT molecular complexity index is 980. The summed E-state index contributed by atoms with van der Waals surface area (Å²) in [5.41, 5.74) is 2.05. The van der Waals surface area contributed by atoms with Gasteiger partial charge in [-0.05, 0) is 45.8 Å². The standard InChI is InChI=1S/C23H27FN6O/c1-3-12-28-13-15-29(16-14-28)22(19-6-8-20(24)9-7-19)23-25-26-27-30(23)17-18-4-10-21(31-2)11-5-18/h3-11,22H,1,12-17H2,2H3/t22-/m1/s1. The van der Waals surface area contributed by atoms with Gasteiger partial charge in [-0.25, -0.2) is 9.07 Å². The number of halogens is 1. The fourth-order valence-corrected chi connectivity index (χ4v) is 3.98. The number of tetrazole rings is 1. The molecule has 162 valence electrons. The molecule has 0 saturated carbocycles. The van der Waals surface area contributed by atoms with Gasteiger partial charge in [0.25, 0.3) is 0 Å². The molecule has 2 aromatic carbocycles. The predicted molar refractivity (Wildman–Crippen MR) is 116 cm³/mol. The zero-order chi connectivity index (χ0) is 21.6. The van der Waals surface area contributed by atoms with Crippen LogP contribution in [0, 0.1) is 5.82 Å². The van der Waals surface area contributed by atoms with Crippen LogP contribution in [-0.2, 0) is 6.54 Å². The van der Waals surface area contributed by atoms with Gasteiger partial charge in [0.05, 0.1) is 19.7 Å². The number of rotatable bonds is 8. The molecule has 1 aliphatic heterocycles. The van der Waals surface area contributed by atoms with Crippen molar-refractivity contribution in [2.45, 2.75) is 12.6 Å². The average molecular weight is 423 g/mol. The van der Waals surface area contributed by atoms with Gasteiger partial charge < -0.3 is 4.74 Å². The first-order valence-corrected chi connectivity index (χ1v) is 10.4. The van der Waals surface area contributed by atoms with Crippen LogP contribution in [0.1, 0.15) is 23.0 Å². The molecule has 2 heterocycles. The lowest BCUT2D eigenvalue weighted by molar-refractivity contribution is 0.112. The van der Waals surface area contributed by atoms with Crippen LogP contribution >= 0.6 is 0 Å². The number of benzene rings is 2. The van der Waals surface area contributed by atoms with Gasteiger partial charge in [-0.1, -0.05) is 30.3 Å². The summed E-state index contributed by atoms with van der Waals surface area (Å²) in [6, 6.07) is 14.3. The van der Waals surface area contributed by atoms with Gasteiger partial charge in [-0.2, -0.15) is 0 Å². The summed E-state index contributed by atoms with van der Waals surface area (Å²) < 4.78 is 20.7. The molecule has 4 rings (SSSR count). The van der Waals surface area contributed by atoms with Gasteiger partial charge in [-0.15, -0.1) is 11.7 Å². The predicted octanol–water partition coefficient (Wildman–Crippen LogP) is 2.76. The first-order chi connectivity index (χ1) is 15.2. The molecule has 1 aliphatic rings. The molecule has 31 heavy (non-hydrogen) atoms. The van der Waals surface area contributed by atoms with E-state index in [4.69, 9.17) is 4.74 Å². The zero-order valence-electron chi connectivity index (χ0n) is 17.7. The molecule has 1 aromatic heterocycles. The summed E-state index contributed by atoms with van der Waals surface area (Å²) in [6.45, 7) is 8.86. The van der Waals surface area contributed by atoms with E-state index in [0.29, 0.717) is 6.54 Å². The van der Waals surface area contributed by atoms with E-state index in [-0.39, 0.29) is 11.9 Å². The molecule has 0 amide bonds. The second-order valence-electron chi connectivity index (χ2n) is 7.62. The fraction of sp³-hybridized carbons (Fsp3) is 0.348. The van der Waals surface area contributed by atoms with Crippen LogP contribution in [0.5, 0.6) is 5.75 Å².